The SMILES string of the molecule is O=[N+]([O-])c1cc(Nc2ncc3c(n2)N(CC2CC2)CC=C3)ccc1F. The quantitative estimate of drug-likeness (QED) is 0.662. The normalized spacial score (nSPS) is 15.8. The van der Waals surface area contributed by atoms with Gasteiger partial charge in [-0.25, -0.2) is 4.98 Å². The van der Waals surface area contributed by atoms with Crippen LogP contribution in [0.4, 0.5) is 27.5 Å². The maximum absolute atomic E-state index is 13.4. The molecule has 1 N–H and O–H groups in total. The number of hydrogen-bond acceptors (Lipinski definition) is 6. The average Bonchev–Trinajstić information content (AvgIpc) is 3.41. The lowest BCUT2D eigenvalue weighted by atomic mass is 10.2. The lowest BCUT2D eigenvalue weighted by Gasteiger charge is -2.27. The summed E-state index contributed by atoms with van der Waals surface area (Å²) in [5, 5.41) is 13.8. The number of halogens is 1. The van der Waals surface area contributed by atoms with E-state index in [0.717, 1.165) is 42.5 Å². The number of anilines is 3. The molecule has 1 aromatic carbocycles. The van der Waals surface area contributed by atoms with Gasteiger partial charge in [0.05, 0.1) is 4.92 Å². The van der Waals surface area contributed by atoms with Gasteiger partial charge in [0.25, 0.3) is 0 Å². The van der Waals surface area contributed by atoms with Crippen LogP contribution in [0, 0.1) is 21.8 Å². The van der Waals surface area contributed by atoms with E-state index in [2.05, 4.69) is 26.3 Å². The summed E-state index contributed by atoms with van der Waals surface area (Å²) in [7, 11) is 0. The summed E-state index contributed by atoms with van der Waals surface area (Å²) in [5.74, 6) is 1.03. The zero-order valence-corrected chi connectivity index (χ0v) is 13.4. The zero-order chi connectivity index (χ0) is 17.4. The fourth-order valence-electron chi connectivity index (χ4n) is 2.84. The van der Waals surface area contributed by atoms with Crippen LogP contribution in [0.15, 0.2) is 30.5 Å². The monoisotopic (exact) mass is 341 g/mol. The Morgan fingerprint density at radius 3 is 3.00 bits per heavy atom. The first kappa shape index (κ1) is 15.5. The van der Waals surface area contributed by atoms with E-state index in [0.29, 0.717) is 11.6 Å². The van der Waals surface area contributed by atoms with Crippen molar-refractivity contribution >= 4 is 29.2 Å². The summed E-state index contributed by atoms with van der Waals surface area (Å²) in [4.78, 5) is 21.1. The van der Waals surface area contributed by atoms with Gasteiger partial charge in [-0.2, -0.15) is 9.37 Å². The fourth-order valence-corrected chi connectivity index (χ4v) is 2.84. The number of rotatable bonds is 5. The first-order valence-electron chi connectivity index (χ1n) is 8.09. The summed E-state index contributed by atoms with van der Waals surface area (Å²) < 4.78 is 13.4. The minimum atomic E-state index is -0.873. The van der Waals surface area contributed by atoms with Crippen molar-refractivity contribution in [2.24, 2.45) is 5.92 Å². The predicted octanol–water partition coefficient (Wildman–Crippen LogP) is 3.51. The summed E-state index contributed by atoms with van der Waals surface area (Å²) in [6.07, 6.45) is 8.31. The first-order chi connectivity index (χ1) is 12.1. The summed E-state index contributed by atoms with van der Waals surface area (Å²) in [6, 6.07) is 3.62. The molecule has 0 atom stereocenters. The smallest absolute Gasteiger partial charge is 0.306 e. The Labute approximate surface area is 143 Å². The number of hydrogen-bond donors (Lipinski definition) is 1. The van der Waals surface area contributed by atoms with Gasteiger partial charge < -0.3 is 10.2 Å². The molecule has 1 aliphatic heterocycles. The van der Waals surface area contributed by atoms with E-state index in [4.69, 9.17) is 0 Å². The molecule has 1 aromatic heterocycles. The number of nitro benzene ring substituents is 1. The minimum Gasteiger partial charge on any atom is -0.352 e. The molecule has 4 rings (SSSR count). The highest BCUT2D eigenvalue weighted by molar-refractivity contribution is 5.69. The topological polar surface area (TPSA) is 84.2 Å². The van der Waals surface area contributed by atoms with Gasteiger partial charge in [-0.3, -0.25) is 10.1 Å². The van der Waals surface area contributed by atoms with Crippen LogP contribution in [-0.2, 0) is 0 Å². The highest BCUT2D eigenvalue weighted by Crippen LogP contribution is 2.33. The van der Waals surface area contributed by atoms with E-state index in [9.17, 15) is 14.5 Å². The molecule has 0 spiro atoms. The van der Waals surface area contributed by atoms with Crippen LogP contribution in [0.1, 0.15) is 18.4 Å². The highest BCUT2D eigenvalue weighted by Gasteiger charge is 2.26. The van der Waals surface area contributed by atoms with Crippen molar-refractivity contribution in [1.82, 2.24) is 9.97 Å². The van der Waals surface area contributed by atoms with Gasteiger partial charge in [-0.15, -0.1) is 0 Å². The first-order valence-corrected chi connectivity index (χ1v) is 8.09. The van der Waals surface area contributed by atoms with Gasteiger partial charge >= 0.3 is 5.69 Å². The summed E-state index contributed by atoms with van der Waals surface area (Å²) >= 11 is 0. The van der Waals surface area contributed by atoms with Gasteiger partial charge in [-0.05, 0) is 30.9 Å². The molecule has 2 aromatic rings. The Hall–Kier alpha value is -3.03. The number of benzene rings is 1. The second kappa shape index (κ2) is 6.12. The van der Waals surface area contributed by atoms with E-state index < -0.39 is 16.4 Å². The number of nitro groups is 1. The molecule has 0 saturated heterocycles. The molecule has 0 amide bonds. The van der Waals surface area contributed by atoms with Crippen LogP contribution in [0.3, 0.4) is 0 Å². The third-order valence-corrected chi connectivity index (χ3v) is 4.29. The molecule has 2 heterocycles. The van der Waals surface area contributed by atoms with Crippen molar-refractivity contribution in [2.45, 2.75) is 12.8 Å². The minimum absolute atomic E-state index is 0.329. The molecular formula is C17H16FN5O2. The number of nitrogens with zero attached hydrogens (tertiary/aromatic N) is 4. The second-order valence-electron chi connectivity index (χ2n) is 6.27. The molecular weight excluding hydrogens is 325 g/mol. The summed E-state index contributed by atoms with van der Waals surface area (Å²) in [5.41, 5.74) is 0.733. The van der Waals surface area contributed by atoms with Crippen LogP contribution < -0.4 is 10.2 Å². The van der Waals surface area contributed by atoms with Crippen molar-refractivity contribution in [3.63, 3.8) is 0 Å². The molecule has 2 aliphatic rings. The van der Waals surface area contributed by atoms with Gasteiger partial charge in [0.2, 0.25) is 11.8 Å². The molecule has 1 aliphatic carbocycles. The van der Waals surface area contributed by atoms with Gasteiger partial charge in [0.15, 0.2) is 0 Å². The average molecular weight is 341 g/mol. The van der Waals surface area contributed by atoms with E-state index in [1.54, 1.807) is 6.20 Å². The van der Waals surface area contributed by atoms with E-state index in [-0.39, 0.29) is 0 Å². The van der Waals surface area contributed by atoms with Crippen LogP contribution >= 0.6 is 0 Å². The Morgan fingerprint density at radius 1 is 1.40 bits per heavy atom. The predicted molar refractivity (Wildman–Crippen MR) is 92.3 cm³/mol. The molecule has 0 radical (unpaired) electrons. The number of nitrogens with one attached hydrogen (secondary N) is 1. The molecule has 0 unspecified atom stereocenters. The Morgan fingerprint density at radius 2 is 2.24 bits per heavy atom. The molecule has 0 bridgehead atoms. The Balaban J connectivity index is 1.60. The third-order valence-electron chi connectivity index (χ3n) is 4.29. The Kier molecular flexibility index (Phi) is 3.79. The van der Waals surface area contributed by atoms with Crippen LogP contribution in [-0.4, -0.2) is 28.0 Å². The van der Waals surface area contributed by atoms with Gasteiger partial charge in [0, 0.05) is 36.6 Å². The van der Waals surface area contributed by atoms with E-state index >= 15 is 0 Å². The largest absolute Gasteiger partial charge is 0.352 e. The van der Waals surface area contributed by atoms with E-state index in [1.165, 1.54) is 18.9 Å². The van der Waals surface area contributed by atoms with Crippen LogP contribution in [0.25, 0.3) is 6.08 Å². The zero-order valence-electron chi connectivity index (χ0n) is 13.4. The lowest BCUT2D eigenvalue weighted by Crippen LogP contribution is -2.29. The van der Waals surface area contributed by atoms with Crippen molar-refractivity contribution in [2.75, 3.05) is 23.3 Å². The fraction of sp³-hybridized carbons (Fsp3) is 0.294. The Bertz CT molecular complexity index is 866. The van der Waals surface area contributed by atoms with Crippen LogP contribution in [0.5, 0.6) is 0 Å². The van der Waals surface area contributed by atoms with Crippen molar-refractivity contribution < 1.29 is 9.31 Å². The standard InChI is InChI=1S/C17H16FN5O2/c18-14-6-5-13(8-15(14)23(24)25)20-17-19-9-12-2-1-7-22(16(12)21-17)10-11-3-4-11/h1-2,5-6,8-9,11H,3-4,7,10H2,(H,19,20,21). The van der Waals surface area contributed by atoms with E-state index in [1.807, 2.05) is 6.08 Å². The second-order valence-corrected chi connectivity index (χ2v) is 6.27. The molecule has 1 saturated carbocycles. The molecule has 25 heavy (non-hydrogen) atoms. The molecule has 128 valence electrons. The maximum Gasteiger partial charge on any atom is 0.306 e. The van der Waals surface area contributed by atoms with Crippen molar-refractivity contribution in [3.8, 4) is 0 Å². The molecule has 1 fully saturated rings. The summed E-state index contributed by atoms with van der Waals surface area (Å²) in [6.45, 7) is 1.78. The highest BCUT2D eigenvalue weighted by atomic mass is 19.1. The number of aromatic nitrogens is 2. The van der Waals surface area contributed by atoms with Crippen molar-refractivity contribution in [3.05, 3.63) is 52.0 Å². The lowest BCUT2D eigenvalue weighted by molar-refractivity contribution is -0.387. The molecule has 8 heteroatoms. The maximum atomic E-state index is 13.4. The van der Waals surface area contributed by atoms with Gasteiger partial charge in [0.1, 0.15) is 5.82 Å². The van der Waals surface area contributed by atoms with Crippen molar-refractivity contribution in [1.29, 1.82) is 0 Å². The molecule has 7 nitrogen and oxygen atoms in total. The van der Waals surface area contributed by atoms with Crippen LogP contribution in [0.2, 0.25) is 0 Å². The number of fused-ring (bicyclic) bond motifs is 1. The van der Waals surface area contributed by atoms with Gasteiger partial charge in [-0.1, -0.05) is 12.2 Å². The third kappa shape index (κ3) is 3.28.